The third kappa shape index (κ3) is 5.93. The lowest BCUT2D eigenvalue weighted by molar-refractivity contribution is -0.137. The van der Waals surface area contributed by atoms with Crippen LogP contribution in [0.3, 0.4) is 0 Å². The summed E-state index contributed by atoms with van der Waals surface area (Å²) in [6, 6.07) is 9.98. The predicted molar refractivity (Wildman–Crippen MR) is 131 cm³/mol. The number of aromatic nitrogens is 1. The molecule has 0 radical (unpaired) electrons. The maximum absolute atomic E-state index is 14.7. The molecule has 1 saturated carbocycles. The summed E-state index contributed by atoms with van der Waals surface area (Å²) in [6.07, 6.45) is -1.33. The molecule has 5 nitrogen and oxygen atoms in total. The van der Waals surface area contributed by atoms with Gasteiger partial charge in [0.15, 0.2) is 0 Å². The number of rotatable bonds is 7. The van der Waals surface area contributed by atoms with Crippen molar-refractivity contribution in [3.05, 3.63) is 82.4 Å². The van der Waals surface area contributed by atoms with Gasteiger partial charge in [-0.15, -0.1) is 0 Å². The molecule has 2 aromatic carbocycles. The van der Waals surface area contributed by atoms with Crippen molar-refractivity contribution in [2.75, 3.05) is 5.32 Å². The highest BCUT2D eigenvalue weighted by Crippen LogP contribution is 2.42. The van der Waals surface area contributed by atoms with Crippen LogP contribution in [0.15, 0.2) is 54.7 Å². The molecule has 1 aromatic heterocycles. The second-order valence-electron chi connectivity index (χ2n) is 9.36. The van der Waals surface area contributed by atoms with Crippen molar-refractivity contribution in [3.63, 3.8) is 0 Å². The van der Waals surface area contributed by atoms with Gasteiger partial charge in [0.2, 0.25) is 5.91 Å². The van der Waals surface area contributed by atoms with E-state index in [0.29, 0.717) is 23.7 Å². The summed E-state index contributed by atoms with van der Waals surface area (Å²) < 4.78 is 55.3. The Morgan fingerprint density at radius 2 is 1.78 bits per heavy atom. The van der Waals surface area contributed by atoms with E-state index in [1.54, 1.807) is 0 Å². The third-order valence-corrected chi connectivity index (χ3v) is 6.88. The molecule has 1 amide bonds. The van der Waals surface area contributed by atoms with Crippen LogP contribution in [-0.2, 0) is 11.0 Å². The fourth-order valence-electron chi connectivity index (χ4n) is 4.71. The summed E-state index contributed by atoms with van der Waals surface area (Å²) in [7, 11) is 0. The fourth-order valence-corrected chi connectivity index (χ4v) is 4.87. The third-order valence-electron chi connectivity index (χ3n) is 6.59. The Balaban J connectivity index is 1.63. The van der Waals surface area contributed by atoms with Gasteiger partial charge in [-0.25, -0.2) is 9.18 Å². The van der Waals surface area contributed by atoms with E-state index in [0.717, 1.165) is 31.2 Å². The molecule has 10 heteroatoms. The minimum absolute atomic E-state index is 0.0710. The molecule has 2 N–H and O–H groups in total. The lowest BCUT2D eigenvalue weighted by Crippen LogP contribution is -2.29. The van der Waals surface area contributed by atoms with Crippen LogP contribution in [0.4, 0.5) is 23.2 Å². The lowest BCUT2D eigenvalue weighted by atomic mass is 9.71. The summed E-state index contributed by atoms with van der Waals surface area (Å²) in [5.74, 6) is -2.56. The standard InChI is InChI=1S/C27H23ClF4N2O3/c1-14-10-15(11-14)12-19(25(35)34-18-5-2-16(3-6-18)26(36)37)22-9-4-17(13-33-22)23-20(27(30,31)32)7-8-21(28)24(23)29/h2-9,13-15,19H,10-12H2,1H3,(H,34,35)(H,36,37). The van der Waals surface area contributed by atoms with Crippen LogP contribution < -0.4 is 5.32 Å². The SMILES string of the molecule is CC1CC(CC(C(=O)Nc2ccc(C(=O)O)cc2)c2ccc(-c3c(C(F)(F)F)ccc(Cl)c3F)cn2)C1. The van der Waals surface area contributed by atoms with E-state index >= 15 is 0 Å². The number of carboxylic acid groups (broad SMARTS) is 1. The Hall–Kier alpha value is -3.46. The molecule has 0 aliphatic heterocycles. The van der Waals surface area contributed by atoms with Crippen molar-refractivity contribution in [1.29, 1.82) is 0 Å². The molecule has 1 aliphatic rings. The van der Waals surface area contributed by atoms with Gasteiger partial charge in [0.1, 0.15) is 5.82 Å². The fraction of sp³-hybridized carbons (Fsp3) is 0.296. The molecule has 194 valence electrons. The normalized spacial score (nSPS) is 18.1. The second-order valence-corrected chi connectivity index (χ2v) is 9.76. The van der Waals surface area contributed by atoms with Crippen LogP contribution in [-0.4, -0.2) is 22.0 Å². The number of amides is 1. The Morgan fingerprint density at radius 3 is 2.32 bits per heavy atom. The Kier molecular flexibility index (Phi) is 7.54. The van der Waals surface area contributed by atoms with Gasteiger partial charge in [-0.3, -0.25) is 9.78 Å². The van der Waals surface area contributed by atoms with Crippen molar-refractivity contribution < 1.29 is 32.3 Å². The van der Waals surface area contributed by atoms with Crippen molar-refractivity contribution >= 4 is 29.2 Å². The van der Waals surface area contributed by atoms with E-state index in [1.165, 1.54) is 36.4 Å². The van der Waals surface area contributed by atoms with E-state index in [9.17, 15) is 27.2 Å². The van der Waals surface area contributed by atoms with Crippen molar-refractivity contribution in [1.82, 2.24) is 4.98 Å². The number of nitrogens with zero attached hydrogens (tertiary/aromatic N) is 1. The van der Waals surface area contributed by atoms with Crippen LogP contribution in [0.5, 0.6) is 0 Å². The van der Waals surface area contributed by atoms with Gasteiger partial charge in [0.05, 0.1) is 27.8 Å². The minimum Gasteiger partial charge on any atom is -0.478 e. The monoisotopic (exact) mass is 534 g/mol. The van der Waals surface area contributed by atoms with Gasteiger partial charge < -0.3 is 10.4 Å². The molecule has 0 saturated heterocycles. The van der Waals surface area contributed by atoms with Crippen LogP contribution in [0, 0.1) is 17.7 Å². The molecular weight excluding hydrogens is 512 g/mol. The van der Waals surface area contributed by atoms with Crippen LogP contribution in [0.1, 0.15) is 53.7 Å². The molecule has 1 aliphatic carbocycles. The number of aromatic carboxylic acids is 1. The maximum atomic E-state index is 14.7. The van der Waals surface area contributed by atoms with E-state index < -0.39 is 40.0 Å². The molecule has 4 rings (SSSR count). The molecule has 37 heavy (non-hydrogen) atoms. The number of pyridine rings is 1. The lowest BCUT2D eigenvalue weighted by Gasteiger charge is -2.34. The summed E-state index contributed by atoms with van der Waals surface area (Å²) >= 11 is 5.76. The zero-order valence-electron chi connectivity index (χ0n) is 19.7. The molecular formula is C27H23ClF4N2O3. The van der Waals surface area contributed by atoms with Gasteiger partial charge in [0.25, 0.3) is 0 Å². The largest absolute Gasteiger partial charge is 0.478 e. The van der Waals surface area contributed by atoms with Crippen LogP contribution in [0.2, 0.25) is 5.02 Å². The molecule has 3 aromatic rings. The zero-order chi connectivity index (χ0) is 26.9. The number of carbonyl (C=O) groups excluding carboxylic acids is 1. The number of carboxylic acids is 1. The smallest absolute Gasteiger partial charge is 0.417 e. The van der Waals surface area contributed by atoms with E-state index in [2.05, 4.69) is 17.2 Å². The molecule has 0 bridgehead atoms. The Bertz CT molecular complexity index is 1300. The average molecular weight is 535 g/mol. The topological polar surface area (TPSA) is 79.3 Å². The van der Waals surface area contributed by atoms with Gasteiger partial charge in [0, 0.05) is 23.0 Å². The number of alkyl halides is 3. The van der Waals surface area contributed by atoms with Crippen LogP contribution in [0.25, 0.3) is 11.1 Å². The van der Waals surface area contributed by atoms with Gasteiger partial charge in [-0.05, 0) is 73.6 Å². The van der Waals surface area contributed by atoms with E-state index in [-0.39, 0.29) is 23.0 Å². The van der Waals surface area contributed by atoms with Gasteiger partial charge in [-0.1, -0.05) is 24.6 Å². The molecule has 1 unspecified atom stereocenters. The van der Waals surface area contributed by atoms with E-state index in [1.807, 2.05) is 0 Å². The average Bonchev–Trinajstić information content (AvgIpc) is 2.82. The second kappa shape index (κ2) is 10.5. The number of halogens is 5. The first-order valence-electron chi connectivity index (χ1n) is 11.6. The molecule has 1 heterocycles. The zero-order valence-corrected chi connectivity index (χ0v) is 20.4. The quantitative estimate of drug-likeness (QED) is 0.309. The number of benzene rings is 2. The highest BCUT2D eigenvalue weighted by atomic mass is 35.5. The maximum Gasteiger partial charge on any atom is 0.417 e. The Morgan fingerprint density at radius 1 is 1.11 bits per heavy atom. The van der Waals surface area contributed by atoms with Crippen molar-refractivity contribution in [3.8, 4) is 11.1 Å². The molecule has 1 atom stereocenters. The number of nitrogens with one attached hydrogen (secondary N) is 1. The van der Waals surface area contributed by atoms with Crippen molar-refractivity contribution in [2.45, 2.75) is 38.3 Å². The predicted octanol–water partition coefficient (Wildman–Crippen LogP) is 7.42. The van der Waals surface area contributed by atoms with Gasteiger partial charge in [-0.2, -0.15) is 13.2 Å². The summed E-state index contributed by atoms with van der Waals surface area (Å²) in [5, 5.41) is 11.4. The number of carbonyl (C=O) groups is 2. The first-order valence-corrected chi connectivity index (χ1v) is 12.0. The van der Waals surface area contributed by atoms with Crippen LogP contribution >= 0.6 is 11.6 Å². The number of hydrogen-bond donors (Lipinski definition) is 2. The summed E-state index contributed by atoms with van der Waals surface area (Å²) in [6.45, 7) is 2.11. The number of hydrogen-bond acceptors (Lipinski definition) is 3. The summed E-state index contributed by atoms with van der Waals surface area (Å²) in [4.78, 5) is 28.6. The highest BCUT2D eigenvalue weighted by Gasteiger charge is 2.36. The highest BCUT2D eigenvalue weighted by molar-refractivity contribution is 6.31. The first-order chi connectivity index (χ1) is 17.4. The van der Waals surface area contributed by atoms with Gasteiger partial charge >= 0.3 is 12.1 Å². The summed E-state index contributed by atoms with van der Waals surface area (Å²) in [5.41, 5.74) is -1.19. The van der Waals surface area contributed by atoms with Crippen molar-refractivity contribution in [2.24, 2.45) is 11.8 Å². The Labute approximate surface area is 215 Å². The first kappa shape index (κ1) is 26.6. The molecule has 1 fully saturated rings. The number of anilines is 1. The minimum atomic E-state index is -4.81. The van der Waals surface area contributed by atoms with E-state index in [4.69, 9.17) is 16.7 Å². The molecule has 0 spiro atoms.